The SMILES string of the molecule is CCC(N)[C@H](CCCN1Cc2cnc(C3CC3)nc2C1)c1cc(F)c(F)cc1F. The number of aromatic nitrogens is 2. The van der Waals surface area contributed by atoms with Gasteiger partial charge in [0.2, 0.25) is 0 Å². The van der Waals surface area contributed by atoms with E-state index in [0.29, 0.717) is 24.8 Å². The smallest absolute Gasteiger partial charge is 0.161 e. The Kier molecular flexibility index (Phi) is 5.88. The van der Waals surface area contributed by atoms with E-state index in [9.17, 15) is 13.2 Å². The molecule has 0 spiro atoms. The van der Waals surface area contributed by atoms with Crippen LogP contribution in [-0.2, 0) is 13.1 Å². The van der Waals surface area contributed by atoms with E-state index < -0.39 is 17.5 Å². The number of halogens is 3. The maximum atomic E-state index is 14.3. The van der Waals surface area contributed by atoms with Crippen LogP contribution >= 0.6 is 0 Å². The Labute approximate surface area is 169 Å². The summed E-state index contributed by atoms with van der Waals surface area (Å²) in [6.45, 7) is 4.34. The predicted molar refractivity (Wildman–Crippen MR) is 105 cm³/mol. The van der Waals surface area contributed by atoms with E-state index in [1.165, 1.54) is 18.4 Å². The molecule has 2 heterocycles. The molecule has 1 aromatic carbocycles. The molecule has 1 aliphatic carbocycles. The largest absolute Gasteiger partial charge is 0.327 e. The summed E-state index contributed by atoms with van der Waals surface area (Å²) in [4.78, 5) is 11.5. The zero-order valence-corrected chi connectivity index (χ0v) is 16.7. The van der Waals surface area contributed by atoms with Gasteiger partial charge in [0.15, 0.2) is 11.6 Å². The van der Waals surface area contributed by atoms with E-state index in [1.54, 1.807) is 0 Å². The van der Waals surface area contributed by atoms with Gasteiger partial charge in [-0.25, -0.2) is 23.1 Å². The van der Waals surface area contributed by atoms with Gasteiger partial charge >= 0.3 is 0 Å². The average molecular weight is 404 g/mol. The molecule has 2 aliphatic rings. The van der Waals surface area contributed by atoms with Gasteiger partial charge in [-0.2, -0.15) is 0 Å². The zero-order chi connectivity index (χ0) is 20.5. The third-order valence-corrected chi connectivity index (χ3v) is 6.10. The van der Waals surface area contributed by atoms with Crippen molar-refractivity contribution in [3.63, 3.8) is 0 Å². The van der Waals surface area contributed by atoms with Gasteiger partial charge in [-0.3, -0.25) is 4.90 Å². The van der Waals surface area contributed by atoms with Crippen LogP contribution in [0.15, 0.2) is 18.3 Å². The lowest BCUT2D eigenvalue weighted by molar-refractivity contribution is 0.269. The van der Waals surface area contributed by atoms with Crippen LogP contribution in [0, 0.1) is 17.5 Å². The molecule has 1 saturated carbocycles. The van der Waals surface area contributed by atoms with Crippen LogP contribution in [0.3, 0.4) is 0 Å². The molecule has 1 aliphatic heterocycles. The normalized spacial score (nSPS) is 18.7. The Balaban J connectivity index is 1.38. The minimum Gasteiger partial charge on any atom is -0.327 e. The summed E-state index contributed by atoms with van der Waals surface area (Å²) < 4.78 is 41.3. The highest BCUT2D eigenvalue weighted by Crippen LogP contribution is 2.38. The van der Waals surface area contributed by atoms with Crippen LogP contribution < -0.4 is 5.73 Å². The van der Waals surface area contributed by atoms with Crippen LogP contribution in [0.1, 0.15) is 73.5 Å². The molecule has 2 atom stereocenters. The molecule has 7 heteroatoms. The Morgan fingerprint density at radius 3 is 2.62 bits per heavy atom. The Bertz CT molecular complexity index is 885. The molecule has 1 fully saturated rings. The lowest BCUT2D eigenvalue weighted by atomic mass is 9.86. The molecule has 0 amide bonds. The summed E-state index contributed by atoms with van der Waals surface area (Å²) in [5, 5.41) is 0. The van der Waals surface area contributed by atoms with Crippen LogP contribution in [0.2, 0.25) is 0 Å². The summed E-state index contributed by atoms with van der Waals surface area (Å²) in [6.07, 6.45) is 6.35. The minimum absolute atomic E-state index is 0.169. The molecule has 0 bridgehead atoms. The van der Waals surface area contributed by atoms with Crippen molar-refractivity contribution in [1.29, 1.82) is 0 Å². The number of rotatable bonds is 8. The fourth-order valence-electron chi connectivity index (χ4n) is 4.17. The van der Waals surface area contributed by atoms with Crippen LogP contribution in [0.25, 0.3) is 0 Å². The second-order valence-corrected chi connectivity index (χ2v) is 8.29. The van der Waals surface area contributed by atoms with Gasteiger partial charge < -0.3 is 5.73 Å². The lowest BCUT2D eigenvalue weighted by Crippen LogP contribution is -2.29. The number of fused-ring (bicyclic) bond motifs is 1. The van der Waals surface area contributed by atoms with Crippen molar-refractivity contribution in [2.24, 2.45) is 5.73 Å². The monoisotopic (exact) mass is 404 g/mol. The molecule has 4 nitrogen and oxygen atoms in total. The summed E-state index contributed by atoms with van der Waals surface area (Å²) in [6, 6.07) is 1.27. The fourth-order valence-corrected chi connectivity index (χ4v) is 4.17. The van der Waals surface area contributed by atoms with Gasteiger partial charge in [0.25, 0.3) is 0 Å². The Hall–Kier alpha value is -1.99. The highest BCUT2D eigenvalue weighted by Gasteiger charge is 2.29. The second-order valence-electron chi connectivity index (χ2n) is 8.29. The van der Waals surface area contributed by atoms with Crippen molar-refractivity contribution >= 4 is 0 Å². The first-order valence-electron chi connectivity index (χ1n) is 10.4. The van der Waals surface area contributed by atoms with E-state index in [1.807, 2.05) is 13.1 Å². The van der Waals surface area contributed by atoms with Crippen molar-refractivity contribution in [3.8, 4) is 0 Å². The van der Waals surface area contributed by atoms with Gasteiger partial charge in [0.05, 0.1) is 5.69 Å². The third-order valence-electron chi connectivity index (χ3n) is 6.10. The van der Waals surface area contributed by atoms with Crippen molar-refractivity contribution in [3.05, 3.63) is 58.4 Å². The summed E-state index contributed by atoms with van der Waals surface area (Å²) in [5.74, 6) is -1.77. The number of nitrogens with two attached hydrogens (primary N) is 1. The van der Waals surface area contributed by atoms with Gasteiger partial charge in [0, 0.05) is 48.8 Å². The van der Waals surface area contributed by atoms with Crippen LogP contribution in [0.5, 0.6) is 0 Å². The molecule has 1 unspecified atom stereocenters. The molecule has 29 heavy (non-hydrogen) atoms. The maximum absolute atomic E-state index is 14.3. The summed E-state index contributed by atoms with van der Waals surface area (Å²) in [5.41, 5.74) is 8.65. The third kappa shape index (κ3) is 4.46. The van der Waals surface area contributed by atoms with Gasteiger partial charge in [-0.1, -0.05) is 6.92 Å². The highest BCUT2D eigenvalue weighted by molar-refractivity contribution is 5.26. The summed E-state index contributed by atoms with van der Waals surface area (Å²) in [7, 11) is 0. The van der Waals surface area contributed by atoms with Gasteiger partial charge in [-0.05, 0) is 50.3 Å². The Morgan fingerprint density at radius 2 is 1.90 bits per heavy atom. The van der Waals surface area contributed by atoms with E-state index in [-0.39, 0.29) is 17.5 Å². The first-order valence-corrected chi connectivity index (χ1v) is 10.4. The molecule has 1 aromatic heterocycles. The zero-order valence-electron chi connectivity index (χ0n) is 16.7. The minimum atomic E-state index is -1.17. The highest BCUT2D eigenvalue weighted by atomic mass is 19.2. The molecule has 0 radical (unpaired) electrons. The molecule has 156 valence electrons. The molecule has 0 saturated heterocycles. The molecular weight excluding hydrogens is 377 g/mol. The number of hydrogen-bond donors (Lipinski definition) is 1. The first kappa shape index (κ1) is 20.3. The molecule has 2 N–H and O–H groups in total. The molecule has 4 rings (SSSR count). The van der Waals surface area contributed by atoms with Crippen LogP contribution in [0.4, 0.5) is 13.2 Å². The van der Waals surface area contributed by atoms with Gasteiger partial charge in [0.1, 0.15) is 11.6 Å². The van der Waals surface area contributed by atoms with E-state index in [0.717, 1.165) is 43.6 Å². The topological polar surface area (TPSA) is 55.0 Å². The average Bonchev–Trinajstić information content (AvgIpc) is 3.47. The molecule has 2 aromatic rings. The second kappa shape index (κ2) is 8.40. The number of benzene rings is 1. The fraction of sp³-hybridized carbons (Fsp3) is 0.545. The standard InChI is InChI=1S/C22H27F3N4/c1-2-20(26)15(16-8-18(24)19(25)9-17(16)23)4-3-7-29-11-14-10-27-22(13-5-6-13)28-21(14)12-29/h8-10,13,15,20H,2-7,11-12,26H2,1H3/t15-,20?/m1/s1. The van der Waals surface area contributed by atoms with Crippen molar-refractivity contribution < 1.29 is 13.2 Å². The van der Waals surface area contributed by atoms with Crippen molar-refractivity contribution in [1.82, 2.24) is 14.9 Å². The maximum Gasteiger partial charge on any atom is 0.161 e. The Morgan fingerprint density at radius 1 is 1.14 bits per heavy atom. The number of nitrogens with zero attached hydrogens (tertiary/aromatic N) is 3. The number of hydrogen-bond acceptors (Lipinski definition) is 4. The van der Waals surface area contributed by atoms with Crippen molar-refractivity contribution in [2.75, 3.05) is 6.54 Å². The summed E-state index contributed by atoms with van der Waals surface area (Å²) >= 11 is 0. The predicted octanol–water partition coefficient (Wildman–Crippen LogP) is 4.39. The van der Waals surface area contributed by atoms with E-state index in [2.05, 4.69) is 9.88 Å². The lowest BCUT2D eigenvalue weighted by Gasteiger charge is -2.25. The van der Waals surface area contributed by atoms with E-state index >= 15 is 0 Å². The van der Waals surface area contributed by atoms with E-state index in [4.69, 9.17) is 10.7 Å². The van der Waals surface area contributed by atoms with Crippen molar-refractivity contribution in [2.45, 2.75) is 70.0 Å². The quantitative estimate of drug-likeness (QED) is 0.663. The molecular formula is C22H27F3N4. The first-order chi connectivity index (χ1) is 14.0. The van der Waals surface area contributed by atoms with Crippen LogP contribution in [-0.4, -0.2) is 27.5 Å². The van der Waals surface area contributed by atoms with Gasteiger partial charge in [-0.15, -0.1) is 0 Å².